The Morgan fingerprint density at radius 1 is 1.11 bits per heavy atom. The zero-order chi connectivity index (χ0) is 19.3. The molecule has 1 aromatic heterocycles. The quantitative estimate of drug-likeness (QED) is 0.281. The first-order valence-corrected chi connectivity index (χ1v) is 9.63. The Morgan fingerprint density at radius 3 is 2.57 bits per heavy atom. The molecule has 0 unspecified atom stereocenters. The third-order valence-corrected chi connectivity index (χ3v) is 3.84. The minimum atomic E-state index is 0. The molecule has 1 heterocycles. The highest BCUT2D eigenvalue weighted by molar-refractivity contribution is 14.0. The number of imidazole rings is 1. The highest BCUT2D eigenvalue weighted by atomic mass is 127. The van der Waals surface area contributed by atoms with E-state index >= 15 is 0 Å². The molecule has 0 radical (unpaired) electrons. The van der Waals surface area contributed by atoms with E-state index in [-0.39, 0.29) is 24.0 Å². The molecular formula is C20H32IN5O2. The molecule has 0 aliphatic rings. The molecule has 156 valence electrons. The van der Waals surface area contributed by atoms with E-state index in [4.69, 9.17) is 9.47 Å². The number of benzene rings is 1. The maximum absolute atomic E-state index is 5.69. The van der Waals surface area contributed by atoms with E-state index in [1.165, 1.54) is 5.56 Å². The van der Waals surface area contributed by atoms with Crippen LogP contribution in [0.2, 0.25) is 0 Å². The van der Waals surface area contributed by atoms with Gasteiger partial charge in [-0.3, -0.25) is 4.99 Å². The molecule has 0 saturated heterocycles. The van der Waals surface area contributed by atoms with Gasteiger partial charge in [-0.05, 0) is 44.9 Å². The maximum Gasteiger partial charge on any atom is 0.191 e. The third-order valence-electron chi connectivity index (χ3n) is 3.84. The van der Waals surface area contributed by atoms with Crippen LogP contribution in [0.5, 0.6) is 11.5 Å². The standard InChI is InChI=1S/C20H31N5O2.HI/c1-4-22-20(24-12-14-25-13-11-21-16-25)23-10-9-17-7-8-18(26-5-2)19(15-17)27-6-3;/h7-8,11,13,15-16H,4-6,9-10,12,14H2,1-3H3,(H2,22,23,24);1H. The van der Waals surface area contributed by atoms with Crippen molar-refractivity contribution in [2.24, 2.45) is 4.99 Å². The number of ether oxygens (including phenoxy) is 2. The van der Waals surface area contributed by atoms with Crippen molar-refractivity contribution in [2.45, 2.75) is 33.7 Å². The molecule has 2 rings (SSSR count). The Kier molecular flexibility index (Phi) is 12.1. The first-order chi connectivity index (χ1) is 13.3. The van der Waals surface area contributed by atoms with Gasteiger partial charge < -0.3 is 24.7 Å². The van der Waals surface area contributed by atoms with Crippen LogP contribution in [0.3, 0.4) is 0 Å². The second-order valence-electron chi connectivity index (χ2n) is 5.89. The second-order valence-corrected chi connectivity index (χ2v) is 5.89. The summed E-state index contributed by atoms with van der Waals surface area (Å²) in [4.78, 5) is 8.71. The first-order valence-electron chi connectivity index (χ1n) is 9.63. The summed E-state index contributed by atoms with van der Waals surface area (Å²) >= 11 is 0. The molecule has 0 saturated carbocycles. The summed E-state index contributed by atoms with van der Waals surface area (Å²) in [5.41, 5.74) is 1.18. The van der Waals surface area contributed by atoms with E-state index in [0.29, 0.717) is 19.8 Å². The van der Waals surface area contributed by atoms with Gasteiger partial charge >= 0.3 is 0 Å². The van der Waals surface area contributed by atoms with Gasteiger partial charge in [0.25, 0.3) is 0 Å². The summed E-state index contributed by atoms with van der Waals surface area (Å²) in [7, 11) is 0. The molecule has 0 aliphatic heterocycles. The van der Waals surface area contributed by atoms with Gasteiger partial charge in [0.2, 0.25) is 0 Å². The predicted octanol–water partition coefficient (Wildman–Crippen LogP) is 3.10. The smallest absolute Gasteiger partial charge is 0.191 e. The van der Waals surface area contributed by atoms with Gasteiger partial charge in [0.1, 0.15) is 0 Å². The lowest BCUT2D eigenvalue weighted by molar-refractivity contribution is 0.287. The SMILES string of the molecule is CCNC(=NCCc1ccc(OCC)c(OCC)c1)NCCn1ccnc1.I. The number of aromatic nitrogens is 2. The zero-order valence-electron chi connectivity index (χ0n) is 17.0. The van der Waals surface area contributed by atoms with Gasteiger partial charge in [-0.1, -0.05) is 6.07 Å². The van der Waals surface area contributed by atoms with Crippen LogP contribution in [0.15, 0.2) is 41.9 Å². The summed E-state index contributed by atoms with van der Waals surface area (Å²) in [5, 5.41) is 6.62. The maximum atomic E-state index is 5.69. The number of hydrogen-bond donors (Lipinski definition) is 2. The minimum Gasteiger partial charge on any atom is -0.490 e. The molecule has 2 N–H and O–H groups in total. The highest BCUT2D eigenvalue weighted by Crippen LogP contribution is 2.28. The Labute approximate surface area is 185 Å². The van der Waals surface area contributed by atoms with Crippen LogP contribution < -0.4 is 20.1 Å². The van der Waals surface area contributed by atoms with Crippen LogP contribution in [0.4, 0.5) is 0 Å². The normalized spacial score (nSPS) is 10.9. The molecule has 1 aromatic carbocycles. The summed E-state index contributed by atoms with van der Waals surface area (Å²) < 4.78 is 13.3. The van der Waals surface area contributed by atoms with Crippen molar-refractivity contribution >= 4 is 29.9 Å². The number of nitrogens with one attached hydrogen (secondary N) is 2. The summed E-state index contributed by atoms with van der Waals surface area (Å²) in [6, 6.07) is 6.09. The highest BCUT2D eigenvalue weighted by Gasteiger charge is 2.06. The van der Waals surface area contributed by atoms with E-state index in [9.17, 15) is 0 Å². The number of rotatable bonds is 11. The molecule has 0 amide bonds. The lowest BCUT2D eigenvalue weighted by Gasteiger charge is -2.13. The minimum absolute atomic E-state index is 0. The molecule has 0 fully saturated rings. The van der Waals surface area contributed by atoms with E-state index in [1.807, 2.05) is 43.1 Å². The Bertz CT molecular complexity index is 692. The molecule has 28 heavy (non-hydrogen) atoms. The van der Waals surface area contributed by atoms with E-state index < -0.39 is 0 Å². The fourth-order valence-corrected chi connectivity index (χ4v) is 2.61. The van der Waals surface area contributed by atoms with Crippen LogP contribution in [-0.2, 0) is 13.0 Å². The lowest BCUT2D eigenvalue weighted by atomic mass is 10.1. The number of nitrogens with zero attached hydrogens (tertiary/aromatic N) is 3. The summed E-state index contributed by atoms with van der Waals surface area (Å²) in [6.45, 7) is 10.4. The van der Waals surface area contributed by atoms with Crippen molar-refractivity contribution in [3.05, 3.63) is 42.5 Å². The van der Waals surface area contributed by atoms with Gasteiger partial charge in [-0.2, -0.15) is 0 Å². The topological polar surface area (TPSA) is 72.7 Å². The van der Waals surface area contributed by atoms with Gasteiger partial charge in [-0.25, -0.2) is 4.98 Å². The van der Waals surface area contributed by atoms with Crippen molar-refractivity contribution in [1.29, 1.82) is 0 Å². The monoisotopic (exact) mass is 501 g/mol. The van der Waals surface area contributed by atoms with Crippen LogP contribution in [0.25, 0.3) is 0 Å². The summed E-state index contributed by atoms with van der Waals surface area (Å²) in [6.07, 6.45) is 6.39. The van der Waals surface area contributed by atoms with Gasteiger partial charge in [0.05, 0.1) is 19.5 Å². The van der Waals surface area contributed by atoms with Gasteiger partial charge in [-0.15, -0.1) is 24.0 Å². The van der Waals surface area contributed by atoms with Crippen LogP contribution >= 0.6 is 24.0 Å². The zero-order valence-corrected chi connectivity index (χ0v) is 19.3. The molecule has 0 atom stereocenters. The summed E-state index contributed by atoms with van der Waals surface area (Å²) in [5.74, 6) is 2.42. The molecule has 0 spiro atoms. The molecule has 8 heteroatoms. The molecule has 0 aliphatic carbocycles. The number of halogens is 1. The fourth-order valence-electron chi connectivity index (χ4n) is 2.61. The van der Waals surface area contributed by atoms with Crippen molar-refractivity contribution in [3.63, 3.8) is 0 Å². The molecular weight excluding hydrogens is 469 g/mol. The number of hydrogen-bond acceptors (Lipinski definition) is 4. The number of guanidine groups is 1. The average molecular weight is 501 g/mol. The van der Waals surface area contributed by atoms with Gasteiger partial charge in [0, 0.05) is 38.6 Å². The average Bonchev–Trinajstić information content (AvgIpc) is 3.17. The molecule has 2 aromatic rings. The van der Waals surface area contributed by atoms with E-state index in [2.05, 4.69) is 33.6 Å². The lowest BCUT2D eigenvalue weighted by Crippen LogP contribution is -2.39. The van der Waals surface area contributed by atoms with E-state index in [1.54, 1.807) is 6.20 Å². The fraction of sp³-hybridized carbons (Fsp3) is 0.500. The largest absolute Gasteiger partial charge is 0.490 e. The third kappa shape index (κ3) is 8.37. The van der Waals surface area contributed by atoms with Crippen molar-refractivity contribution in [3.8, 4) is 11.5 Å². The first kappa shape index (κ1) is 24.1. The van der Waals surface area contributed by atoms with Crippen molar-refractivity contribution in [2.75, 3.05) is 32.8 Å². The Balaban J connectivity index is 0.00000392. The number of aliphatic imine (C=N–C) groups is 1. The predicted molar refractivity (Wildman–Crippen MR) is 124 cm³/mol. The molecule has 0 bridgehead atoms. The van der Waals surface area contributed by atoms with Crippen LogP contribution in [-0.4, -0.2) is 48.4 Å². The van der Waals surface area contributed by atoms with Crippen molar-refractivity contribution in [1.82, 2.24) is 20.2 Å². The van der Waals surface area contributed by atoms with Crippen LogP contribution in [0.1, 0.15) is 26.3 Å². The van der Waals surface area contributed by atoms with E-state index in [0.717, 1.165) is 43.5 Å². The second kappa shape index (κ2) is 14.1. The van der Waals surface area contributed by atoms with Crippen molar-refractivity contribution < 1.29 is 9.47 Å². The molecule has 7 nitrogen and oxygen atoms in total. The Morgan fingerprint density at radius 2 is 1.89 bits per heavy atom. The van der Waals surface area contributed by atoms with Gasteiger partial charge in [0.15, 0.2) is 17.5 Å². The Hall–Kier alpha value is -1.97. The van der Waals surface area contributed by atoms with Crippen LogP contribution in [0, 0.1) is 0 Å².